The van der Waals surface area contributed by atoms with Crippen LogP contribution in [0, 0.1) is 0 Å². The largest absolute Gasteiger partial charge is 0.397 e. The first kappa shape index (κ1) is 29.4. The molecule has 0 aliphatic heterocycles. The highest BCUT2D eigenvalue weighted by atomic mass is 32.3. The minimum absolute atomic E-state index is 0.0417. The molecule has 0 aliphatic rings. The molecule has 0 saturated carbocycles. The van der Waals surface area contributed by atoms with E-state index in [-0.39, 0.29) is 19.8 Å². The number of hydrogen-bond donors (Lipinski definition) is 3. The highest BCUT2D eigenvalue weighted by Gasteiger charge is 2.01. The van der Waals surface area contributed by atoms with Crippen molar-refractivity contribution in [2.45, 2.75) is 40.0 Å². The van der Waals surface area contributed by atoms with Gasteiger partial charge in [-0.05, 0) is 20.3 Å². The normalized spacial score (nSPS) is 10.5. The van der Waals surface area contributed by atoms with Crippen LogP contribution >= 0.6 is 0 Å². The van der Waals surface area contributed by atoms with E-state index in [1.165, 1.54) is 0 Å². The monoisotopic (exact) mass is 392 g/mol. The van der Waals surface area contributed by atoms with Crippen LogP contribution in [0.4, 0.5) is 0 Å². The summed E-state index contributed by atoms with van der Waals surface area (Å²) in [4.78, 5) is 0. The van der Waals surface area contributed by atoms with Crippen molar-refractivity contribution in [2.75, 3.05) is 59.5 Å². The van der Waals surface area contributed by atoms with E-state index in [2.05, 4.69) is 4.18 Å². The second-order valence-electron chi connectivity index (χ2n) is 4.41. The van der Waals surface area contributed by atoms with E-state index in [9.17, 15) is 8.42 Å². The number of rotatable bonds is 14. The Morgan fingerprint density at radius 2 is 1.20 bits per heavy atom. The average Bonchev–Trinajstić information content (AvgIpc) is 2.56. The number of aliphatic hydroxyl groups is 2. The third kappa shape index (κ3) is 45.3. The molecule has 0 bridgehead atoms. The van der Waals surface area contributed by atoms with Gasteiger partial charge in [-0.1, -0.05) is 19.8 Å². The molecule has 0 unspecified atom stereocenters. The third-order valence-corrected chi connectivity index (χ3v) is 2.70. The number of unbranched alkanes of at least 4 members (excludes halogenated alkanes) is 2. The molecule has 25 heavy (non-hydrogen) atoms. The topological polar surface area (TPSA) is 132 Å². The number of hydrogen-bond acceptors (Lipinski definition) is 8. The Kier molecular flexibility index (Phi) is 30.5. The Morgan fingerprint density at radius 3 is 1.48 bits per heavy atom. The van der Waals surface area contributed by atoms with Crippen molar-refractivity contribution in [1.82, 2.24) is 0 Å². The first-order valence-electron chi connectivity index (χ1n) is 8.46. The molecule has 0 atom stereocenters. The summed E-state index contributed by atoms with van der Waals surface area (Å²) in [6.45, 7) is 9.46. The van der Waals surface area contributed by atoms with Crippen LogP contribution in [0.15, 0.2) is 0 Å². The zero-order valence-electron chi connectivity index (χ0n) is 15.7. The highest BCUT2D eigenvalue weighted by molar-refractivity contribution is 7.80. The van der Waals surface area contributed by atoms with E-state index >= 15 is 0 Å². The average molecular weight is 393 g/mol. The summed E-state index contributed by atoms with van der Waals surface area (Å²) < 4.78 is 46.6. The molecular weight excluding hydrogens is 356 g/mol. The molecule has 0 rings (SSSR count). The Bertz CT molecular complexity index is 300. The molecule has 0 radical (unpaired) electrons. The van der Waals surface area contributed by atoms with Gasteiger partial charge in [-0.15, -0.1) is 0 Å². The second-order valence-corrected chi connectivity index (χ2v) is 5.50. The van der Waals surface area contributed by atoms with Crippen LogP contribution in [0.5, 0.6) is 0 Å². The molecule has 0 aromatic carbocycles. The first-order valence-corrected chi connectivity index (χ1v) is 9.82. The van der Waals surface area contributed by atoms with Gasteiger partial charge in [0.05, 0.1) is 46.2 Å². The van der Waals surface area contributed by atoms with Crippen molar-refractivity contribution in [2.24, 2.45) is 0 Å². The molecule has 0 fully saturated rings. The lowest BCUT2D eigenvalue weighted by Crippen LogP contribution is -2.09. The van der Waals surface area contributed by atoms with Gasteiger partial charge in [0, 0.05) is 13.2 Å². The maximum Gasteiger partial charge on any atom is 0.397 e. The first-order chi connectivity index (χ1) is 11.9. The molecule has 0 saturated heterocycles. The van der Waals surface area contributed by atoms with Crippen LogP contribution in [0.1, 0.15) is 40.0 Å². The Morgan fingerprint density at radius 1 is 0.720 bits per heavy atom. The fraction of sp³-hybridized carbons (Fsp3) is 1.00. The molecule has 3 N–H and O–H groups in total. The van der Waals surface area contributed by atoms with Crippen LogP contribution in [0.2, 0.25) is 0 Å². The van der Waals surface area contributed by atoms with Gasteiger partial charge >= 0.3 is 10.4 Å². The summed E-state index contributed by atoms with van der Waals surface area (Å²) in [6, 6.07) is 0. The molecule has 0 aliphatic carbocycles. The lowest BCUT2D eigenvalue weighted by atomic mass is 10.3. The summed E-state index contributed by atoms with van der Waals surface area (Å²) in [5.41, 5.74) is 0. The SMILES string of the molecule is CCCCCOS(=O)(=O)O.CCOCC.OCCOCCOCCO. The van der Waals surface area contributed by atoms with Gasteiger partial charge in [-0.2, -0.15) is 8.42 Å². The summed E-state index contributed by atoms with van der Waals surface area (Å²) in [5.74, 6) is 0. The van der Waals surface area contributed by atoms with Crippen molar-refractivity contribution in [1.29, 1.82) is 0 Å². The zero-order chi connectivity index (χ0) is 19.8. The number of ether oxygens (including phenoxy) is 3. The van der Waals surface area contributed by atoms with Gasteiger partial charge in [0.1, 0.15) is 0 Å². The van der Waals surface area contributed by atoms with Crippen LogP contribution in [-0.4, -0.2) is 82.6 Å². The maximum absolute atomic E-state index is 9.93. The summed E-state index contributed by atoms with van der Waals surface area (Å²) in [7, 11) is -4.20. The van der Waals surface area contributed by atoms with Crippen molar-refractivity contribution >= 4 is 10.4 Å². The fourth-order valence-corrected chi connectivity index (χ4v) is 1.50. The van der Waals surface area contributed by atoms with Gasteiger partial charge in [0.15, 0.2) is 0 Å². The lowest BCUT2D eigenvalue weighted by Gasteiger charge is -2.01. The van der Waals surface area contributed by atoms with Gasteiger partial charge in [0.2, 0.25) is 0 Å². The van der Waals surface area contributed by atoms with Crippen LogP contribution < -0.4 is 0 Å². The molecule has 9 nitrogen and oxygen atoms in total. The molecule has 10 heteroatoms. The summed E-state index contributed by atoms with van der Waals surface area (Å²) in [6.07, 6.45) is 2.57. The minimum atomic E-state index is -4.20. The quantitative estimate of drug-likeness (QED) is 0.293. The predicted octanol–water partition coefficient (Wildman–Crippen LogP) is 1.04. The van der Waals surface area contributed by atoms with Gasteiger partial charge < -0.3 is 24.4 Å². The van der Waals surface area contributed by atoms with E-state index < -0.39 is 10.4 Å². The predicted molar refractivity (Wildman–Crippen MR) is 95.0 cm³/mol. The molecular formula is C15H36O9S. The van der Waals surface area contributed by atoms with E-state index in [4.69, 9.17) is 29.0 Å². The third-order valence-electron chi connectivity index (χ3n) is 2.23. The van der Waals surface area contributed by atoms with Gasteiger partial charge in [-0.3, -0.25) is 4.55 Å². The van der Waals surface area contributed by atoms with E-state index in [1.54, 1.807) is 0 Å². The molecule has 0 amide bonds. The van der Waals surface area contributed by atoms with Crippen molar-refractivity contribution in [3.05, 3.63) is 0 Å². The van der Waals surface area contributed by atoms with Crippen molar-refractivity contribution < 1.29 is 41.6 Å². The smallest absolute Gasteiger partial charge is 0.394 e. The maximum atomic E-state index is 9.93. The second kappa shape index (κ2) is 25.9. The molecule has 156 valence electrons. The zero-order valence-corrected chi connectivity index (χ0v) is 16.5. The van der Waals surface area contributed by atoms with Crippen LogP contribution in [0.25, 0.3) is 0 Å². The Hall–Kier alpha value is -0.330. The molecule has 0 aromatic heterocycles. The van der Waals surface area contributed by atoms with Gasteiger partial charge in [0.25, 0.3) is 0 Å². The molecule has 0 aromatic rings. The highest BCUT2D eigenvalue weighted by Crippen LogP contribution is 1.96. The van der Waals surface area contributed by atoms with E-state index in [0.717, 1.165) is 26.1 Å². The minimum Gasteiger partial charge on any atom is -0.394 e. The van der Waals surface area contributed by atoms with E-state index in [1.807, 2.05) is 20.8 Å². The van der Waals surface area contributed by atoms with Crippen molar-refractivity contribution in [3.63, 3.8) is 0 Å². The standard InChI is InChI=1S/C6H14O4.C5H12O4S.C4H10O/c7-1-3-9-5-6-10-4-2-8;1-2-3-4-5-9-10(6,7)8;1-3-5-4-2/h7-8H,1-6H2;2-5H2,1H3,(H,6,7,8);3-4H2,1-2H3. The molecule has 0 heterocycles. The van der Waals surface area contributed by atoms with Crippen molar-refractivity contribution in [3.8, 4) is 0 Å². The fourth-order valence-electron chi connectivity index (χ4n) is 1.17. The van der Waals surface area contributed by atoms with E-state index in [0.29, 0.717) is 32.8 Å². The Balaban J connectivity index is -0.000000308. The van der Waals surface area contributed by atoms with Crippen LogP contribution in [0.3, 0.4) is 0 Å². The lowest BCUT2D eigenvalue weighted by molar-refractivity contribution is 0.0222. The van der Waals surface area contributed by atoms with Gasteiger partial charge in [-0.25, -0.2) is 4.18 Å². The number of aliphatic hydroxyl groups excluding tert-OH is 2. The summed E-state index contributed by atoms with van der Waals surface area (Å²) >= 11 is 0. The van der Waals surface area contributed by atoms with Crippen LogP contribution in [-0.2, 0) is 28.8 Å². The Labute approximate surface area is 152 Å². The molecule has 0 spiro atoms. The summed E-state index contributed by atoms with van der Waals surface area (Å²) in [5, 5.41) is 16.5.